The number of carbonyl (C=O) groups is 1. The van der Waals surface area contributed by atoms with Crippen molar-refractivity contribution < 1.29 is 4.79 Å². The normalized spacial score (nSPS) is 16.6. The predicted octanol–water partition coefficient (Wildman–Crippen LogP) is 2.38. The zero-order chi connectivity index (χ0) is 11.3. The maximum atomic E-state index is 11.7. The Bertz CT molecular complexity index is 259. The van der Waals surface area contributed by atoms with E-state index in [0.717, 1.165) is 0 Å². The van der Waals surface area contributed by atoms with Crippen LogP contribution in [0.15, 0.2) is 0 Å². The van der Waals surface area contributed by atoms with Crippen molar-refractivity contribution in [1.29, 1.82) is 5.26 Å². The Hall–Kier alpha value is -1.04. The number of amides is 1. The highest BCUT2D eigenvalue weighted by molar-refractivity contribution is 5.77. The van der Waals surface area contributed by atoms with Gasteiger partial charge < -0.3 is 5.32 Å². The molecular formula is C12H20N2O. The molecule has 0 heterocycles. The highest BCUT2D eigenvalue weighted by Gasteiger charge is 2.29. The van der Waals surface area contributed by atoms with E-state index in [1.165, 1.54) is 19.3 Å². The number of nitriles is 1. The van der Waals surface area contributed by atoms with Gasteiger partial charge in [0.15, 0.2) is 0 Å². The molecule has 15 heavy (non-hydrogen) atoms. The monoisotopic (exact) mass is 208 g/mol. The van der Waals surface area contributed by atoms with E-state index in [-0.39, 0.29) is 5.91 Å². The van der Waals surface area contributed by atoms with E-state index in [4.69, 9.17) is 5.26 Å². The molecule has 1 rings (SSSR count). The van der Waals surface area contributed by atoms with E-state index in [1.54, 1.807) is 0 Å². The zero-order valence-electron chi connectivity index (χ0n) is 9.68. The first-order chi connectivity index (χ1) is 7.15. The molecule has 0 radical (unpaired) electrons. The van der Waals surface area contributed by atoms with Crippen molar-refractivity contribution in [1.82, 2.24) is 5.32 Å². The number of rotatable bonds is 5. The molecule has 0 spiro atoms. The smallest absolute Gasteiger partial charge is 0.221 e. The Morgan fingerprint density at radius 3 is 2.40 bits per heavy atom. The third kappa shape index (κ3) is 2.95. The molecule has 0 aromatic rings. The van der Waals surface area contributed by atoms with Crippen LogP contribution in [0.5, 0.6) is 0 Å². The molecule has 1 aliphatic rings. The number of hydrogen-bond donors (Lipinski definition) is 1. The van der Waals surface area contributed by atoms with Crippen LogP contribution in [0.2, 0.25) is 0 Å². The molecule has 0 bridgehead atoms. The molecule has 0 aliphatic heterocycles. The SMILES string of the molecule is CCC(C#N)(CC)NC(=O)CC1CCC1. The second kappa shape index (κ2) is 5.16. The van der Waals surface area contributed by atoms with E-state index in [1.807, 2.05) is 13.8 Å². The van der Waals surface area contributed by atoms with E-state index in [2.05, 4.69) is 11.4 Å². The van der Waals surface area contributed by atoms with Gasteiger partial charge in [0.05, 0.1) is 6.07 Å². The number of nitrogens with zero attached hydrogens (tertiary/aromatic N) is 1. The van der Waals surface area contributed by atoms with Crippen LogP contribution in [-0.2, 0) is 4.79 Å². The Morgan fingerprint density at radius 1 is 1.47 bits per heavy atom. The Kier molecular flexibility index (Phi) is 4.14. The minimum atomic E-state index is -0.638. The lowest BCUT2D eigenvalue weighted by atomic mass is 9.82. The first-order valence-electron chi connectivity index (χ1n) is 5.88. The largest absolute Gasteiger partial charge is 0.338 e. The fraction of sp³-hybridized carbons (Fsp3) is 0.833. The summed E-state index contributed by atoms with van der Waals surface area (Å²) >= 11 is 0. The predicted molar refractivity (Wildman–Crippen MR) is 59.0 cm³/mol. The quantitative estimate of drug-likeness (QED) is 0.754. The van der Waals surface area contributed by atoms with Gasteiger partial charge in [0.2, 0.25) is 5.91 Å². The van der Waals surface area contributed by atoms with E-state index in [9.17, 15) is 4.79 Å². The molecule has 3 heteroatoms. The summed E-state index contributed by atoms with van der Waals surface area (Å²) in [7, 11) is 0. The van der Waals surface area contributed by atoms with Gasteiger partial charge in [-0.25, -0.2) is 0 Å². The van der Waals surface area contributed by atoms with Gasteiger partial charge in [0, 0.05) is 6.42 Å². The average Bonchev–Trinajstić information content (AvgIpc) is 2.20. The number of nitrogens with one attached hydrogen (secondary N) is 1. The fourth-order valence-corrected chi connectivity index (χ4v) is 1.89. The van der Waals surface area contributed by atoms with Gasteiger partial charge in [-0.1, -0.05) is 20.3 Å². The van der Waals surface area contributed by atoms with Gasteiger partial charge in [-0.2, -0.15) is 5.26 Å². The third-order valence-electron chi connectivity index (χ3n) is 3.50. The lowest BCUT2D eigenvalue weighted by Crippen LogP contribution is -2.47. The van der Waals surface area contributed by atoms with Crippen LogP contribution in [0.1, 0.15) is 52.4 Å². The summed E-state index contributed by atoms with van der Waals surface area (Å²) in [6.07, 6.45) is 5.55. The topological polar surface area (TPSA) is 52.9 Å². The van der Waals surface area contributed by atoms with Crippen LogP contribution in [0, 0.1) is 17.2 Å². The number of hydrogen-bond acceptors (Lipinski definition) is 2. The molecule has 0 aromatic carbocycles. The van der Waals surface area contributed by atoms with E-state index >= 15 is 0 Å². The summed E-state index contributed by atoms with van der Waals surface area (Å²) < 4.78 is 0. The van der Waals surface area contributed by atoms with Gasteiger partial charge in [0.1, 0.15) is 5.54 Å². The molecule has 1 amide bonds. The Labute approximate surface area is 91.9 Å². The van der Waals surface area contributed by atoms with Crippen LogP contribution in [-0.4, -0.2) is 11.4 Å². The highest BCUT2D eigenvalue weighted by atomic mass is 16.1. The fourth-order valence-electron chi connectivity index (χ4n) is 1.89. The van der Waals surface area contributed by atoms with Crippen molar-refractivity contribution in [2.45, 2.75) is 57.9 Å². The molecule has 3 nitrogen and oxygen atoms in total. The van der Waals surface area contributed by atoms with Gasteiger partial charge in [-0.15, -0.1) is 0 Å². The van der Waals surface area contributed by atoms with Gasteiger partial charge in [-0.05, 0) is 31.6 Å². The van der Waals surface area contributed by atoms with Crippen LogP contribution < -0.4 is 5.32 Å². The highest BCUT2D eigenvalue weighted by Crippen LogP contribution is 2.29. The first-order valence-corrected chi connectivity index (χ1v) is 5.88. The average molecular weight is 208 g/mol. The summed E-state index contributed by atoms with van der Waals surface area (Å²) in [5.41, 5.74) is -0.638. The Morgan fingerprint density at radius 2 is 2.07 bits per heavy atom. The van der Waals surface area contributed by atoms with Gasteiger partial charge in [0.25, 0.3) is 0 Å². The van der Waals surface area contributed by atoms with Crippen molar-refractivity contribution in [3.05, 3.63) is 0 Å². The summed E-state index contributed by atoms with van der Waals surface area (Å²) in [6.45, 7) is 3.88. The minimum Gasteiger partial charge on any atom is -0.338 e. The van der Waals surface area contributed by atoms with Crippen molar-refractivity contribution >= 4 is 5.91 Å². The van der Waals surface area contributed by atoms with Crippen molar-refractivity contribution in [2.24, 2.45) is 5.92 Å². The zero-order valence-corrected chi connectivity index (χ0v) is 9.68. The lowest BCUT2D eigenvalue weighted by Gasteiger charge is -2.29. The first kappa shape index (κ1) is 12.0. The summed E-state index contributed by atoms with van der Waals surface area (Å²) in [6, 6.07) is 2.22. The van der Waals surface area contributed by atoms with Crippen LogP contribution in [0.3, 0.4) is 0 Å². The molecule has 1 saturated carbocycles. The van der Waals surface area contributed by atoms with Crippen LogP contribution >= 0.6 is 0 Å². The molecule has 0 saturated heterocycles. The van der Waals surface area contributed by atoms with Crippen molar-refractivity contribution in [2.75, 3.05) is 0 Å². The van der Waals surface area contributed by atoms with E-state index in [0.29, 0.717) is 25.2 Å². The second-order valence-corrected chi connectivity index (χ2v) is 4.45. The van der Waals surface area contributed by atoms with Crippen molar-refractivity contribution in [3.8, 4) is 6.07 Å². The van der Waals surface area contributed by atoms with Crippen LogP contribution in [0.25, 0.3) is 0 Å². The molecule has 0 aromatic heterocycles. The molecule has 0 unspecified atom stereocenters. The Balaban J connectivity index is 2.43. The maximum Gasteiger partial charge on any atom is 0.221 e. The lowest BCUT2D eigenvalue weighted by molar-refractivity contribution is -0.124. The summed E-state index contributed by atoms with van der Waals surface area (Å²) in [5, 5.41) is 11.9. The molecule has 1 aliphatic carbocycles. The van der Waals surface area contributed by atoms with Crippen LogP contribution in [0.4, 0.5) is 0 Å². The molecular weight excluding hydrogens is 188 g/mol. The molecule has 1 N–H and O–H groups in total. The molecule has 0 atom stereocenters. The van der Waals surface area contributed by atoms with Gasteiger partial charge >= 0.3 is 0 Å². The molecule has 1 fully saturated rings. The van der Waals surface area contributed by atoms with Crippen molar-refractivity contribution in [3.63, 3.8) is 0 Å². The van der Waals surface area contributed by atoms with Gasteiger partial charge in [-0.3, -0.25) is 4.79 Å². The minimum absolute atomic E-state index is 0.0463. The standard InChI is InChI=1S/C12H20N2O/c1-3-12(4-2,9-13)14-11(15)8-10-6-5-7-10/h10H,3-8H2,1-2H3,(H,14,15). The van der Waals surface area contributed by atoms with E-state index < -0.39 is 5.54 Å². The third-order valence-corrected chi connectivity index (χ3v) is 3.50. The maximum absolute atomic E-state index is 11.7. The number of carbonyl (C=O) groups excluding carboxylic acids is 1. The summed E-state index contributed by atoms with van der Waals surface area (Å²) in [4.78, 5) is 11.7. The molecule has 84 valence electrons. The second-order valence-electron chi connectivity index (χ2n) is 4.45. The summed E-state index contributed by atoms with van der Waals surface area (Å²) in [5.74, 6) is 0.611.